The Labute approximate surface area is 230 Å². The number of carbonyl (C=O) groups is 1. The molecule has 0 saturated heterocycles. The van der Waals surface area contributed by atoms with E-state index in [-0.39, 0.29) is 12.5 Å². The molecular weight excluding hydrogens is 458 g/mol. The summed E-state index contributed by atoms with van der Waals surface area (Å²) in [6.45, 7) is 4.28. The molecule has 218 valence electrons. The molecule has 0 rings (SSSR count). The Morgan fingerprint density at radius 1 is 0.622 bits per heavy atom. The van der Waals surface area contributed by atoms with Crippen molar-refractivity contribution in [3.05, 3.63) is 24.3 Å². The van der Waals surface area contributed by atoms with Crippen LogP contribution in [0.25, 0.3) is 0 Å². The number of nitrogens with one attached hydrogen (secondary N) is 1. The predicted octanol–water partition coefficient (Wildman–Crippen LogP) is 8.95. The number of unbranched alkanes of at least 4 members (excludes halogenated alkanes) is 17. The highest BCUT2D eigenvalue weighted by atomic mass is 16.3. The fraction of sp³-hybridized carbons (Fsp3) is 0.848. The summed E-state index contributed by atoms with van der Waals surface area (Å²) in [5.41, 5.74) is 0. The van der Waals surface area contributed by atoms with Gasteiger partial charge in [0.25, 0.3) is 0 Å². The van der Waals surface area contributed by atoms with E-state index in [2.05, 4.69) is 43.5 Å². The second-order valence-electron chi connectivity index (χ2n) is 10.9. The zero-order valence-electron chi connectivity index (χ0n) is 24.7. The zero-order valence-corrected chi connectivity index (χ0v) is 24.7. The van der Waals surface area contributed by atoms with Crippen LogP contribution in [0.1, 0.15) is 162 Å². The van der Waals surface area contributed by atoms with Gasteiger partial charge >= 0.3 is 0 Å². The minimum absolute atomic E-state index is 0.0540. The van der Waals surface area contributed by atoms with Crippen molar-refractivity contribution in [2.45, 2.75) is 174 Å². The van der Waals surface area contributed by atoms with Crippen LogP contribution in [0.15, 0.2) is 24.3 Å². The lowest BCUT2D eigenvalue weighted by molar-refractivity contribution is -0.123. The number of hydrogen-bond donors (Lipinski definition) is 3. The molecule has 0 aromatic heterocycles. The van der Waals surface area contributed by atoms with Crippen molar-refractivity contribution in [3.8, 4) is 0 Å². The monoisotopic (exact) mass is 521 g/mol. The molecule has 0 aromatic carbocycles. The Hall–Kier alpha value is -1.13. The van der Waals surface area contributed by atoms with Crippen molar-refractivity contribution >= 4 is 5.91 Å². The van der Waals surface area contributed by atoms with E-state index in [4.69, 9.17) is 0 Å². The van der Waals surface area contributed by atoms with E-state index in [1.54, 1.807) is 0 Å². The Morgan fingerprint density at radius 3 is 1.51 bits per heavy atom. The fourth-order valence-electron chi connectivity index (χ4n) is 4.64. The number of aliphatic hydroxyl groups excluding tert-OH is 2. The highest BCUT2D eigenvalue weighted by molar-refractivity contribution is 5.76. The molecule has 0 fully saturated rings. The highest BCUT2D eigenvalue weighted by Crippen LogP contribution is 2.12. The maximum absolute atomic E-state index is 12.2. The lowest BCUT2D eigenvalue weighted by atomic mass is 10.0. The van der Waals surface area contributed by atoms with Crippen LogP contribution in [0.4, 0.5) is 0 Å². The summed E-state index contributed by atoms with van der Waals surface area (Å²) in [7, 11) is 0. The number of hydrogen-bond acceptors (Lipinski definition) is 3. The molecule has 0 spiro atoms. The number of aliphatic hydroxyl groups is 2. The first kappa shape index (κ1) is 35.9. The maximum atomic E-state index is 12.2. The second-order valence-corrected chi connectivity index (χ2v) is 10.9. The van der Waals surface area contributed by atoms with E-state index in [1.165, 1.54) is 89.9 Å². The molecule has 1 amide bonds. The third-order valence-electron chi connectivity index (χ3n) is 7.18. The molecule has 0 aromatic rings. The average Bonchev–Trinajstić information content (AvgIpc) is 2.90. The van der Waals surface area contributed by atoms with Crippen LogP contribution in [0.2, 0.25) is 0 Å². The van der Waals surface area contributed by atoms with Gasteiger partial charge in [0.2, 0.25) is 5.91 Å². The molecule has 3 N–H and O–H groups in total. The molecule has 0 radical (unpaired) electrons. The van der Waals surface area contributed by atoms with Crippen molar-refractivity contribution in [1.29, 1.82) is 0 Å². The summed E-state index contributed by atoms with van der Waals surface area (Å²) in [5, 5.41) is 22.8. The molecule has 0 aliphatic carbocycles. The summed E-state index contributed by atoms with van der Waals surface area (Å²) in [4.78, 5) is 12.2. The molecule has 0 aliphatic heterocycles. The standard InChI is InChI=1S/C33H63NO3/c1-3-5-7-9-11-13-15-16-17-18-19-21-23-25-27-29-33(37)34-31(30-35)32(36)28-26-24-22-20-14-12-10-8-6-4-2/h14,16-17,20,31-32,35-36H,3-13,15,18-19,21-30H2,1-2H3,(H,34,37)/b17-16+,20-14+/t31-,32+/m0/s1. The van der Waals surface area contributed by atoms with Gasteiger partial charge in [-0.15, -0.1) is 0 Å². The van der Waals surface area contributed by atoms with E-state index in [0.29, 0.717) is 12.8 Å². The largest absolute Gasteiger partial charge is 0.394 e. The Morgan fingerprint density at radius 2 is 1.03 bits per heavy atom. The number of rotatable bonds is 28. The van der Waals surface area contributed by atoms with E-state index in [0.717, 1.165) is 44.9 Å². The van der Waals surface area contributed by atoms with Crippen LogP contribution in [0.5, 0.6) is 0 Å². The molecule has 4 nitrogen and oxygen atoms in total. The van der Waals surface area contributed by atoms with Crippen molar-refractivity contribution in [2.75, 3.05) is 6.61 Å². The first-order valence-corrected chi connectivity index (χ1v) is 16.0. The quantitative estimate of drug-likeness (QED) is 0.0711. The molecule has 0 aliphatic rings. The molecule has 0 unspecified atom stereocenters. The fourth-order valence-corrected chi connectivity index (χ4v) is 4.64. The smallest absolute Gasteiger partial charge is 0.220 e. The third-order valence-corrected chi connectivity index (χ3v) is 7.18. The minimum Gasteiger partial charge on any atom is -0.394 e. The van der Waals surface area contributed by atoms with E-state index >= 15 is 0 Å². The van der Waals surface area contributed by atoms with Gasteiger partial charge in [-0.2, -0.15) is 0 Å². The first-order chi connectivity index (χ1) is 18.2. The van der Waals surface area contributed by atoms with Crippen LogP contribution in [0, 0.1) is 0 Å². The molecule has 2 atom stereocenters. The van der Waals surface area contributed by atoms with E-state index < -0.39 is 12.1 Å². The lowest BCUT2D eigenvalue weighted by Crippen LogP contribution is -2.45. The van der Waals surface area contributed by atoms with Gasteiger partial charge in [0.1, 0.15) is 0 Å². The van der Waals surface area contributed by atoms with E-state index in [1.807, 2.05) is 0 Å². The first-order valence-electron chi connectivity index (χ1n) is 16.0. The highest BCUT2D eigenvalue weighted by Gasteiger charge is 2.19. The minimum atomic E-state index is -0.680. The van der Waals surface area contributed by atoms with Crippen molar-refractivity contribution < 1.29 is 15.0 Å². The Kier molecular flexibility index (Phi) is 28.5. The topological polar surface area (TPSA) is 69.6 Å². The van der Waals surface area contributed by atoms with Crippen LogP contribution in [-0.4, -0.2) is 34.9 Å². The molecule has 4 heteroatoms. The van der Waals surface area contributed by atoms with Crippen LogP contribution < -0.4 is 5.32 Å². The Bertz CT molecular complexity index is 532. The molecular formula is C33H63NO3. The van der Waals surface area contributed by atoms with Gasteiger partial charge in [-0.1, -0.05) is 115 Å². The summed E-state index contributed by atoms with van der Waals surface area (Å²) >= 11 is 0. The van der Waals surface area contributed by atoms with Crippen molar-refractivity contribution in [2.24, 2.45) is 0 Å². The van der Waals surface area contributed by atoms with Crippen molar-refractivity contribution in [3.63, 3.8) is 0 Å². The van der Waals surface area contributed by atoms with Crippen molar-refractivity contribution in [1.82, 2.24) is 5.32 Å². The van der Waals surface area contributed by atoms with Gasteiger partial charge in [0.05, 0.1) is 18.8 Å². The second kappa shape index (κ2) is 29.4. The van der Waals surface area contributed by atoms with Gasteiger partial charge in [-0.05, 0) is 64.2 Å². The molecule has 37 heavy (non-hydrogen) atoms. The average molecular weight is 522 g/mol. The van der Waals surface area contributed by atoms with Crippen LogP contribution in [0.3, 0.4) is 0 Å². The van der Waals surface area contributed by atoms with Gasteiger partial charge in [0.15, 0.2) is 0 Å². The Balaban J connectivity index is 3.65. The molecule has 0 saturated carbocycles. The number of carbonyl (C=O) groups excluding carboxylic acids is 1. The zero-order chi connectivity index (χ0) is 27.2. The summed E-state index contributed by atoms with van der Waals surface area (Å²) in [6.07, 6.45) is 35.1. The van der Waals surface area contributed by atoms with Gasteiger partial charge < -0.3 is 15.5 Å². The molecule has 0 heterocycles. The normalized spacial score (nSPS) is 13.5. The maximum Gasteiger partial charge on any atom is 0.220 e. The van der Waals surface area contributed by atoms with E-state index in [9.17, 15) is 15.0 Å². The summed E-state index contributed by atoms with van der Waals surface area (Å²) in [5.74, 6) is -0.0540. The van der Waals surface area contributed by atoms with Gasteiger partial charge in [-0.25, -0.2) is 0 Å². The number of amides is 1. The van der Waals surface area contributed by atoms with Gasteiger partial charge in [0, 0.05) is 6.42 Å². The molecule has 0 bridgehead atoms. The lowest BCUT2D eigenvalue weighted by Gasteiger charge is -2.22. The van der Waals surface area contributed by atoms with Crippen LogP contribution in [-0.2, 0) is 4.79 Å². The number of allylic oxidation sites excluding steroid dienone is 4. The predicted molar refractivity (Wildman–Crippen MR) is 161 cm³/mol. The summed E-state index contributed by atoms with van der Waals surface area (Å²) < 4.78 is 0. The SMILES string of the molecule is CCCCCC/C=C/CCCC[C@@H](O)[C@H](CO)NC(=O)CCCCCCC/C=C/CCCCCCCC. The summed E-state index contributed by atoms with van der Waals surface area (Å²) in [6, 6.07) is -0.551. The third kappa shape index (κ3) is 26.3. The van der Waals surface area contributed by atoms with Gasteiger partial charge in [-0.3, -0.25) is 4.79 Å². The van der Waals surface area contributed by atoms with Crippen LogP contribution >= 0.6 is 0 Å².